The molecule has 0 amide bonds. The summed E-state index contributed by atoms with van der Waals surface area (Å²) in [5.74, 6) is 1.13. The molecule has 0 atom stereocenters. The fourth-order valence-electron chi connectivity index (χ4n) is 3.69. The second kappa shape index (κ2) is 5.88. The molecule has 0 fully saturated rings. The molecule has 0 unspecified atom stereocenters. The van der Waals surface area contributed by atoms with Crippen molar-refractivity contribution >= 4 is 21.7 Å². The van der Waals surface area contributed by atoms with Crippen LogP contribution < -0.4 is 4.57 Å². The van der Waals surface area contributed by atoms with Gasteiger partial charge in [-0.3, -0.25) is 0 Å². The van der Waals surface area contributed by atoms with Crippen LogP contribution in [0.3, 0.4) is 0 Å². The number of hydrogen-bond donors (Lipinski definition) is 1. The summed E-state index contributed by atoms with van der Waals surface area (Å²) >= 11 is 0. The van der Waals surface area contributed by atoms with Crippen molar-refractivity contribution in [3.05, 3.63) is 96.6 Å². The number of hydrogen-bond acceptors (Lipinski definition) is 0. The Balaban J connectivity index is 1.48. The average molecular weight is 338 g/mol. The minimum Gasteiger partial charge on any atom is -0.321 e. The van der Waals surface area contributed by atoms with Gasteiger partial charge >= 0.3 is 0 Å². The fraction of sp³-hybridized carbons (Fsp3) is 0.0870. The Morgan fingerprint density at radius 1 is 0.923 bits per heavy atom. The molecule has 0 bridgehead atoms. The normalized spacial score (nSPS) is 11.4. The summed E-state index contributed by atoms with van der Waals surface area (Å²) in [4.78, 5) is 3.53. The van der Waals surface area contributed by atoms with Gasteiger partial charge in [-0.25, -0.2) is 4.57 Å². The number of aryl methyl sites for hydroxylation is 1. The largest absolute Gasteiger partial charge is 0.321 e. The highest BCUT2D eigenvalue weighted by atomic mass is 15.2. The third kappa shape index (κ3) is 2.49. The van der Waals surface area contributed by atoms with Gasteiger partial charge in [-0.15, -0.1) is 0 Å². The molecule has 3 heteroatoms. The van der Waals surface area contributed by atoms with Crippen molar-refractivity contribution in [1.82, 2.24) is 9.55 Å². The van der Waals surface area contributed by atoms with Gasteiger partial charge in [-0.1, -0.05) is 54.6 Å². The van der Waals surface area contributed by atoms with E-state index >= 15 is 0 Å². The number of nitrogens with one attached hydrogen (secondary N) is 1. The lowest BCUT2D eigenvalue weighted by Gasteiger charge is -2.01. The molecule has 1 N–H and O–H groups in total. The Morgan fingerprint density at radius 3 is 2.62 bits per heavy atom. The Bertz CT molecular complexity index is 1230. The molecule has 26 heavy (non-hydrogen) atoms. The molecule has 3 aromatic carbocycles. The smallest absolute Gasteiger partial charge is 0.250 e. The van der Waals surface area contributed by atoms with Crippen molar-refractivity contribution in [1.29, 1.82) is 0 Å². The van der Waals surface area contributed by atoms with Crippen molar-refractivity contribution in [2.45, 2.75) is 13.5 Å². The zero-order valence-corrected chi connectivity index (χ0v) is 14.7. The first kappa shape index (κ1) is 15.0. The molecule has 0 spiro atoms. The summed E-state index contributed by atoms with van der Waals surface area (Å²) in [5, 5.41) is 3.85. The summed E-state index contributed by atoms with van der Waals surface area (Å²) in [6.07, 6.45) is 6.38. The Morgan fingerprint density at radius 2 is 1.73 bits per heavy atom. The highest BCUT2D eigenvalue weighted by Gasteiger charge is 2.14. The first-order chi connectivity index (χ1) is 12.8. The van der Waals surface area contributed by atoms with Crippen LogP contribution >= 0.6 is 0 Å². The number of para-hydroxylation sites is 1. The first-order valence-corrected chi connectivity index (χ1v) is 8.90. The van der Waals surface area contributed by atoms with Gasteiger partial charge in [-0.2, -0.15) is 4.57 Å². The average Bonchev–Trinajstić information content (AvgIpc) is 3.26. The molecule has 0 saturated heterocycles. The number of imidazole rings is 1. The van der Waals surface area contributed by atoms with E-state index in [2.05, 4.69) is 106 Å². The van der Waals surface area contributed by atoms with Crippen molar-refractivity contribution in [2.24, 2.45) is 0 Å². The summed E-state index contributed by atoms with van der Waals surface area (Å²) in [6, 6.07) is 23.6. The monoisotopic (exact) mass is 338 g/mol. The zero-order chi connectivity index (χ0) is 17.5. The van der Waals surface area contributed by atoms with E-state index in [9.17, 15) is 0 Å². The first-order valence-electron chi connectivity index (χ1n) is 8.90. The van der Waals surface area contributed by atoms with E-state index in [1.54, 1.807) is 0 Å². The molecule has 0 aliphatic carbocycles. The van der Waals surface area contributed by atoms with E-state index in [4.69, 9.17) is 0 Å². The van der Waals surface area contributed by atoms with Crippen LogP contribution in [0.4, 0.5) is 0 Å². The molecule has 2 heterocycles. The SMILES string of the molecule is Cc1c(-n2cc[n+](Cc3ccc4ccccc4c3)c2)[nH]c2ccccc12. The van der Waals surface area contributed by atoms with Crippen LogP contribution in [0.2, 0.25) is 0 Å². The third-order valence-electron chi connectivity index (χ3n) is 5.07. The van der Waals surface area contributed by atoms with Gasteiger partial charge in [0.25, 0.3) is 0 Å². The van der Waals surface area contributed by atoms with Crippen LogP contribution in [-0.4, -0.2) is 9.55 Å². The predicted molar refractivity (Wildman–Crippen MR) is 106 cm³/mol. The lowest BCUT2D eigenvalue weighted by molar-refractivity contribution is -0.687. The van der Waals surface area contributed by atoms with Gasteiger partial charge in [-0.05, 0) is 35.4 Å². The van der Waals surface area contributed by atoms with E-state index in [1.165, 1.54) is 32.8 Å². The quantitative estimate of drug-likeness (QED) is 0.459. The molecule has 0 saturated carbocycles. The third-order valence-corrected chi connectivity index (χ3v) is 5.07. The molecular weight excluding hydrogens is 318 g/mol. The van der Waals surface area contributed by atoms with Crippen LogP contribution in [0.1, 0.15) is 11.1 Å². The second-order valence-corrected chi connectivity index (χ2v) is 6.82. The van der Waals surface area contributed by atoms with Gasteiger partial charge < -0.3 is 4.98 Å². The lowest BCUT2D eigenvalue weighted by atomic mass is 10.1. The molecule has 5 aromatic rings. The van der Waals surface area contributed by atoms with E-state index in [0.29, 0.717) is 0 Å². The van der Waals surface area contributed by atoms with Crippen LogP contribution in [0.15, 0.2) is 85.5 Å². The van der Waals surface area contributed by atoms with Gasteiger partial charge in [0.2, 0.25) is 12.1 Å². The predicted octanol–water partition coefficient (Wildman–Crippen LogP) is 4.76. The number of rotatable bonds is 3. The van der Waals surface area contributed by atoms with E-state index in [0.717, 1.165) is 12.4 Å². The standard InChI is InChI=1S/C23H20N3/c1-17-21-8-4-5-9-22(21)24-23(17)26-13-12-25(16-26)15-18-10-11-19-6-2-3-7-20(19)14-18/h2-14,16,24H,15H2,1H3/q+1. The van der Waals surface area contributed by atoms with E-state index < -0.39 is 0 Å². The molecule has 0 aliphatic heterocycles. The Kier molecular flexibility index (Phi) is 3.39. The maximum Gasteiger partial charge on any atom is 0.250 e. The Hall–Kier alpha value is -3.33. The number of nitrogens with zero attached hydrogens (tertiary/aromatic N) is 2. The summed E-state index contributed by atoms with van der Waals surface area (Å²) in [7, 11) is 0. The van der Waals surface area contributed by atoms with Gasteiger partial charge in [0.05, 0.1) is 0 Å². The van der Waals surface area contributed by atoms with Crippen LogP contribution in [0.5, 0.6) is 0 Å². The molecule has 2 aromatic heterocycles. The maximum atomic E-state index is 3.53. The number of fused-ring (bicyclic) bond motifs is 2. The minimum absolute atomic E-state index is 0.858. The Labute approximate surface area is 152 Å². The van der Waals surface area contributed by atoms with Crippen molar-refractivity contribution < 1.29 is 4.57 Å². The number of benzene rings is 3. The fourth-order valence-corrected chi connectivity index (χ4v) is 3.69. The van der Waals surface area contributed by atoms with Crippen molar-refractivity contribution in [2.75, 3.05) is 0 Å². The summed E-state index contributed by atoms with van der Waals surface area (Å²) < 4.78 is 4.38. The van der Waals surface area contributed by atoms with Gasteiger partial charge in [0, 0.05) is 16.5 Å². The van der Waals surface area contributed by atoms with Crippen LogP contribution in [0, 0.1) is 6.92 Å². The van der Waals surface area contributed by atoms with Crippen molar-refractivity contribution in [3.63, 3.8) is 0 Å². The second-order valence-electron chi connectivity index (χ2n) is 6.82. The number of H-pyrrole nitrogens is 1. The van der Waals surface area contributed by atoms with Gasteiger partial charge in [0.1, 0.15) is 18.9 Å². The van der Waals surface area contributed by atoms with Crippen molar-refractivity contribution in [3.8, 4) is 5.82 Å². The molecular formula is C23H20N3+. The number of aromatic nitrogens is 3. The molecule has 126 valence electrons. The van der Waals surface area contributed by atoms with Gasteiger partial charge in [0.15, 0.2) is 0 Å². The number of aromatic amines is 1. The van der Waals surface area contributed by atoms with Crippen LogP contribution in [-0.2, 0) is 6.54 Å². The summed E-state index contributed by atoms with van der Waals surface area (Å²) in [5.41, 5.74) is 3.75. The topological polar surface area (TPSA) is 24.6 Å². The summed E-state index contributed by atoms with van der Waals surface area (Å²) in [6.45, 7) is 3.03. The molecule has 3 nitrogen and oxygen atoms in total. The highest BCUT2D eigenvalue weighted by Crippen LogP contribution is 2.23. The van der Waals surface area contributed by atoms with E-state index in [-0.39, 0.29) is 0 Å². The highest BCUT2D eigenvalue weighted by molar-refractivity contribution is 5.86. The van der Waals surface area contributed by atoms with E-state index in [1.807, 2.05) is 0 Å². The molecule has 0 aliphatic rings. The van der Waals surface area contributed by atoms with Crippen LogP contribution in [0.25, 0.3) is 27.5 Å². The zero-order valence-electron chi connectivity index (χ0n) is 14.7. The lowest BCUT2D eigenvalue weighted by Crippen LogP contribution is -2.31. The molecule has 0 radical (unpaired) electrons. The molecule has 5 rings (SSSR count). The minimum atomic E-state index is 0.858. The maximum absolute atomic E-state index is 3.53.